The molecule has 2 fully saturated rings. The van der Waals surface area contributed by atoms with Crippen LogP contribution >= 0.6 is 0 Å². The molecule has 1 unspecified atom stereocenters. The van der Waals surface area contributed by atoms with E-state index in [4.69, 9.17) is 9.47 Å². The van der Waals surface area contributed by atoms with Crippen molar-refractivity contribution in [3.05, 3.63) is 29.8 Å². The third-order valence-electron chi connectivity index (χ3n) is 6.61. The van der Waals surface area contributed by atoms with Crippen LogP contribution < -0.4 is 4.74 Å². The maximum atomic E-state index is 13.3. The summed E-state index contributed by atoms with van der Waals surface area (Å²) in [7, 11) is -1.53. The zero-order valence-electron chi connectivity index (χ0n) is 17.4. The van der Waals surface area contributed by atoms with Crippen LogP contribution in [0.15, 0.2) is 24.3 Å². The van der Waals surface area contributed by atoms with Gasteiger partial charge in [-0.15, -0.1) is 0 Å². The van der Waals surface area contributed by atoms with Crippen LogP contribution in [-0.2, 0) is 19.4 Å². The van der Waals surface area contributed by atoms with Crippen LogP contribution in [0.1, 0.15) is 36.5 Å². The van der Waals surface area contributed by atoms with Crippen molar-refractivity contribution in [1.82, 2.24) is 9.80 Å². The van der Waals surface area contributed by atoms with E-state index in [0.29, 0.717) is 50.3 Å². The summed E-state index contributed by atoms with van der Waals surface area (Å²) in [6.07, 6.45) is 1.66. The van der Waals surface area contributed by atoms with Gasteiger partial charge in [0.05, 0.1) is 42.4 Å². The van der Waals surface area contributed by atoms with Crippen molar-refractivity contribution in [3.8, 4) is 5.75 Å². The molecule has 1 aromatic rings. The molecule has 1 atom stereocenters. The second-order valence-electron chi connectivity index (χ2n) is 8.85. The number of rotatable bonds is 3. The Morgan fingerprint density at radius 1 is 1.20 bits per heavy atom. The van der Waals surface area contributed by atoms with Gasteiger partial charge >= 0.3 is 0 Å². The summed E-state index contributed by atoms with van der Waals surface area (Å²) >= 11 is 0. The van der Waals surface area contributed by atoms with Crippen molar-refractivity contribution in [1.29, 1.82) is 0 Å². The first-order valence-electron chi connectivity index (χ1n) is 10.3. The Bertz CT molecular complexity index is 956. The molecule has 3 aliphatic heterocycles. The van der Waals surface area contributed by atoms with Crippen LogP contribution in [0, 0.1) is 0 Å². The first-order chi connectivity index (χ1) is 14.1. The number of benzene rings is 1. The number of likely N-dealkylation sites (N-methyl/N-ethyl adjacent to an activating group) is 1. The lowest BCUT2D eigenvalue weighted by molar-refractivity contribution is -0.135. The van der Waals surface area contributed by atoms with Crippen molar-refractivity contribution in [2.75, 3.05) is 44.9 Å². The summed E-state index contributed by atoms with van der Waals surface area (Å²) in [6.45, 7) is 3.03. The van der Waals surface area contributed by atoms with E-state index in [9.17, 15) is 18.0 Å². The zero-order valence-corrected chi connectivity index (χ0v) is 18.2. The smallest absolute Gasteiger partial charge is 0.258 e. The molecular weight excluding hydrogens is 408 g/mol. The maximum absolute atomic E-state index is 13.3. The van der Waals surface area contributed by atoms with E-state index >= 15 is 0 Å². The van der Waals surface area contributed by atoms with Crippen LogP contribution in [0.25, 0.3) is 0 Å². The van der Waals surface area contributed by atoms with Gasteiger partial charge in [0.1, 0.15) is 17.9 Å². The average Bonchev–Trinajstić information content (AvgIpc) is 2.95. The molecule has 3 heterocycles. The van der Waals surface area contributed by atoms with Crippen molar-refractivity contribution >= 4 is 21.7 Å². The topological polar surface area (TPSA) is 93.2 Å². The molecule has 30 heavy (non-hydrogen) atoms. The third kappa shape index (κ3) is 3.92. The van der Waals surface area contributed by atoms with Crippen LogP contribution in [0.5, 0.6) is 5.75 Å². The van der Waals surface area contributed by atoms with Gasteiger partial charge in [-0.1, -0.05) is 12.1 Å². The van der Waals surface area contributed by atoms with Crippen molar-refractivity contribution < 1.29 is 27.5 Å². The predicted octanol–water partition coefficient (Wildman–Crippen LogP) is 1.11. The number of para-hydroxylation sites is 1. The maximum Gasteiger partial charge on any atom is 0.258 e. The van der Waals surface area contributed by atoms with Gasteiger partial charge in [-0.2, -0.15) is 0 Å². The molecule has 2 amide bonds. The third-order valence-corrected chi connectivity index (χ3v) is 8.49. The molecule has 0 N–H and O–H groups in total. The van der Waals surface area contributed by atoms with E-state index < -0.39 is 21.0 Å². The summed E-state index contributed by atoms with van der Waals surface area (Å²) in [5.41, 5.74) is -0.916. The fraction of sp³-hybridized carbons (Fsp3) is 0.619. The minimum atomic E-state index is -3.15. The van der Waals surface area contributed by atoms with E-state index in [0.717, 1.165) is 0 Å². The lowest BCUT2D eigenvalue weighted by Crippen LogP contribution is -2.55. The minimum absolute atomic E-state index is 0.0522. The highest BCUT2D eigenvalue weighted by atomic mass is 32.2. The molecule has 0 saturated carbocycles. The molecule has 8 nitrogen and oxygen atoms in total. The Labute approximate surface area is 177 Å². The van der Waals surface area contributed by atoms with Gasteiger partial charge in [-0.05, 0) is 25.5 Å². The summed E-state index contributed by atoms with van der Waals surface area (Å²) in [6, 6.07) is 7.10. The van der Waals surface area contributed by atoms with Gasteiger partial charge < -0.3 is 19.3 Å². The second-order valence-corrected chi connectivity index (χ2v) is 11.0. The molecule has 1 spiro atoms. The van der Waals surface area contributed by atoms with Gasteiger partial charge in [0.25, 0.3) is 5.91 Å². The van der Waals surface area contributed by atoms with Gasteiger partial charge in [0.15, 0.2) is 9.84 Å². The van der Waals surface area contributed by atoms with Crippen molar-refractivity contribution in [3.63, 3.8) is 0 Å². The number of carbonyl (C=O) groups excluding carboxylic acids is 2. The van der Waals surface area contributed by atoms with E-state index in [1.54, 1.807) is 37.1 Å². The summed E-state index contributed by atoms with van der Waals surface area (Å²) in [4.78, 5) is 29.4. The standard InChI is InChI=1S/C21H28N2O6S/c1-20(9-12-30(26,27)15-20)22(2)18(24)13-23-14-21(7-10-28-11-8-21)29-17-6-4-3-5-16(17)19(23)25/h3-6H,7-15H2,1-2H3. The quantitative estimate of drug-likeness (QED) is 0.705. The van der Waals surface area contributed by atoms with Crippen molar-refractivity contribution in [2.45, 2.75) is 37.3 Å². The SMILES string of the molecule is CN(C(=O)CN1CC2(CCOCC2)Oc2ccccc2C1=O)C1(C)CCS(=O)(=O)C1. The molecule has 4 rings (SSSR count). The van der Waals surface area contributed by atoms with Gasteiger partial charge in [-0.3, -0.25) is 9.59 Å². The average molecular weight is 437 g/mol. The summed E-state index contributed by atoms with van der Waals surface area (Å²) < 4.78 is 35.8. The summed E-state index contributed by atoms with van der Waals surface area (Å²) in [5.74, 6) is 0.0309. The van der Waals surface area contributed by atoms with Crippen LogP contribution in [0.2, 0.25) is 0 Å². The molecule has 3 aliphatic rings. The molecular formula is C21H28N2O6S. The largest absolute Gasteiger partial charge is 0.484 e. The molecule has 164 valence electrons. The van der Waals surface area contributed by atoms with Gasteiger partial charge in [0.2, 0.25) is 5.91 Å². The fourth-order valence-electron chi connectivity index (χ4n) is 4.55. The van der Waals surface area contributed by atoms with E-state index in [1.807, 2.05) is 6.07 Å². The highest BCUT2D eigenvalue weighted by molar-refractivity contribution is 7.91. The number of nitrogens with zero attached hydrogens (tertiary/aromatic N) is 2. The number of hydrogen-bond donors (Lipinski definition) is 0. The van der Waals surface area contributed by atoms with E-state index in [1.165, 1.54) is 4.90 Å². The number of ether oxygens (including phenoxy) is 2. The first-order valence-corrected chi connectivity index (χ1v) is 12.1. The molecule has 0 radical (unpaired) electrons. The number of hydrogen-bond acceptors (Lipinski definition) is 6. The number of amides is 2. The lowest BCUT2D eigenvalue weighted by atomic mass is 9.93. The first kappa shape index (κ1) is 21.1. The van der Waals surface area contributed by atoms with Crippen LogP contribution in [0.3, 0.4) is 0 Å². The number of carbonyl (C=O) groups is 2. The molecule has 1 aromatic carbocycles. The molecule has 2 saturated heterocycles. The summed E-state index contributed by atoms with van der Waals surface area (Å²) in [5, 5.41) is 0. The Kier molecular flexibility index (Phi) is 5.30. The Hall–Kier alpha value is -2.13. The van der Waals surface area contributed by atoms with E-state index in [2.05, 4.69) is 0 Å². The molecule has 0 bridgehead atoms. The van der Waals surface area contributed by atoms with Crippen molar-refractivity contribution in [2.24, 2.45) is 0 Å². The highest BCUT2D eigenvalue weighted by Gasteiger charge is 2.45. The van der Waals surface area contributed by atoms with Crippen LogP contribution in [0.4, 0.5) is 0 Å². The Morgan fingerprint density at radius 2 is 1.90 bits per heavy atom. The molecule has 9 heteroatoms. The lowest BCUT2D eigenvalue weighted by Gasteiger charge is -2.40. The molecule has 0 aromatic heterocycles. The number of sulfone groups is 1. The monoisotopic (exact) mass is 436 g/mol. The molecule has 0 aliphatic carbocycles. The fourth-order valence-corrected chi connectivity index (χ4v) is 6.73. The second kappa shape index (κ2) is 7.53. The Balaban J connectivity index is 1.59. The Morgan fingerprint density at radius 3 is 2.57 bits per heavy atom. The minimum Gasteiger partial charge on any atom is -0.484 e. The van der Waals surface area contributed by atoms with Gasteiger partial charge in [0, 0.05) is 19.9 Å². The number of fused-ring (bicyclic) bond motifs is 1. The zero-order chi connectivity index (χ0) is 21.6. The van der Waals surface area contributed by atoms with E-state index in [-0.39, 0.29) is 29.9 Å². The van der Waals surface area contributed by atoms with Crippen LogP contribution in [-0.4, -0.2) is 86.0 Å². The van der Waals surface area contributed by atoms with Gasteiger partial charge in [-0.25, -0.2) is 8.42 Å². The normalized spacial score (nSPS) is 27.3. The highest BCUT2D eigenvalue weighted by Crippen LogP contribution is 2.35. The predicted molar refractivity (Wildman–Crippen MR) is 110 cm³/mol.